The van der Waals surface area contributed by atoms with Crippen molar-refractivity contribution in [2.75, 3.05) is 13.1 Å². The number of fused-ring (bicyclic) bond motifs is 1. The molecule has 2 fully saturated rings. The quantitative estimate of drug-likeness (QED) is 0.886. The number of rotatable bonds is 3. The Morgan fingerprint density at radius 1 is 1.19 bits per heavy atom. The van der Waals surface area contributed by atoms with Gasteiger partial charge in [0.1, 0.15) is 0 Å². The molecule has 2 atom stereocenters. The lowest BCUT2D eigenvalue weighted by molar-refractivity contribution is 0.166. The SMILES string of the molecule is CCC1CCCC1NC(=O)N1CCC(n2c(=O)[nH]c3ccccc32)CC1. The first-order valence-corrected chi connectivity index (χ1v) is 9.92. The van der Waals surface area contributed by atoms with Crippen molar-refractivity contribution in [2.45, 2.75) is 57.5 Å². The van der Waals surface area contributed by atoms with Crippen LogP contribution in [0, 0.1) is 5.92 Å². The minimum atomic E-state index is -0.0501. The Labute approximate surface area is 153 Å². The number of carbonyl (C=O) groups excluding carboxylic acids is 1. The molecule has 2 aliphatic rings. The summed E-state index contributed by atoms with van der Waals surface area (Å²) in [6, 6.07) is 8.36. The lowest BCUT2D eigenvalue weighted by Crippen LogP contribution is -2.49. The van der Waals surface area contributed by atoms with Gasteiger partial charge in [-0.3, -0.25) is 4.57 Å². The number of aromatic nitrogens is 2. The first-order valence-electron chi connectivity index (χ1n) is 9.92. The van der Waals surface area contributed by atoms with Gasteiger partial charge in [-0.25, -0.2) is 9.59 Å². The maximum Gasteiger partial charge on any atom is 0.326 e. The lowest BCUT2D eigenvalue weighted by Gasteiger charge is -2.34. The molecule has 2 N–H and O–H groups in total. The van der Waals surface area contributed by atoms with Crippen LogP contribution in [0.25, 0.3) is 11.0 Å². The van der Waals surface area contributed by atoms with Gasteiger partial charge in [-0.05, 0) is 43.7 Å². The molecule has 140 valence electrons. The number of amides is 2. The Kier molecular flexibility index (Phi) is 4.74. The molecule has 2 aromatic rings. The topological polar surface area (TPSA) is 70.1 Å². The molecular weight excluding hydrogens is 328 g/mol. The number of H-pyrrole nitrogens is 1. The maximum atomic E-state index is 12.6. The number of hydrogen-bond acceptors (Lipinski definition) is 2. The van der Waals surface area contributed by atoms with Gasteiger partial charge in [0.05, 0.1) is 11.0 Å². The van der Waals surface area contributed by atoms with E-state index < -0.39 is 0 Å². The van der Waals surface area contributed by atoms with Crippen LogP contribution in [0.1, 0.15) is 51.5 Å². The number of benzene rings is 1. The Morgan fingerprint density at radius 2 is 1.96 bits per heavy atom. The average molecular weight is 356 g/mol. The van der Waals surface area contributed by atoms with Crippen molar-refractivity contribution in [1.82, 2.24) is 19.8 Å². The molecule has 2 heterocycles. The van der Waals surface area contributed by atoms with E-state index in [0.717, 1.165) is 36.7 Å². The van der Waals surface area contributed by atoms with Crippen molar-refractivity contribution in [3.05, 3.63) is 34.7 Å². The molecule has 1 aromatic heterocycles. The number of imidazole rings is 1. The van der Waals surface area contributed by atoms with Crippen LogP contribution in [-0.2, 0) is 0 Å². The minimum Gasteiger partial charge on any atom is -0.335 e. The Hall–Kier alpha value is -2.24. The predicted octanol–water partition coefficient (Wildman–Crippen LogP) is 3.25. The smallest absolute Gasteiger partial charge is 0.326 e. The summed E-state index contributed by atoms with van der Waals surface area (Å²) in [7, 11) is 0. The van der Waals surface area contributed by atoms with Crippen LogP contribution >= 0.6 is 0 Å². The Morgan fingerprint density at radius 3 is 2.73 bits per heavy atom. The van der Waals surface area contributed by atoms with Crippen LogP contribution in [0.2, 0.25) is 0 Å². The number of nitrogens with one attached hydrogen (secondary N) is 2. The summed E-state index contributed by atoms with van der Waals surface area (Å²) in [5, 5.41) is 3.25. The monoisotopic (exact) mass is 356 g/mol. The fourth-order valence-electron chi connectivity index (χ4n) is 4.73. The number of aromatic amines is 1. The maximum absolute atomic E-state index is 12.6. The van der Waals surface area contributed by atoms with E-state index in [4.69, 9.17) is 0 Å². The standard InChI is InChI=1S/C20H28N4O2/c1-2-14-6-5-8-16(14)21-19(25)23-12-10-15(11-13-23)24-18-9-4-3-7-17(18)22-20(24)26/h3-4,7,9,14-16H,2,5-6,8,10-13H2,1H3,(H,21,25)(H,22,26). The van der Waals surface area contributed by atoms with Crippen LogP contribution < -0.4 is 11.0 Å². The summed E-state index contributed by atoms with van der Waals surface area (Å²) in [6.45, 7) is 3.61. The highest BCUT2D eigenvalue weighted by atomic mass is 16.2. The van der Waals surface area contributed by atoms with E-state index in [-0.39, 0.29) is 17.8 Å². The Bertz CT molecular complexity index is 832. The molecule has 1 aromatic carbocycles. The van der Waals surface area contributed by atoms with Crippen molar-refractivity contribution >= 4 is 17.1 Å². The molecule has 0 radical (unpaired) electrons. The second kappa shape index (κ2) is 7.17. The van der Waals surface area contributed by atoms with Gasteiger partial charge in [-0.1, -0.05) is 31.9 Å². The van der Waals surface area contributed by atoms with Crippen molar-refractivity contribution in [2.24, 2.45) is 5.92 Å². The third kappa shape index (κ3) is 3.13. The second-order valence-corrected chi connectivity index (χ2v) is 7.69. The van der Waals surface area contributed by atoms with Gasteiger partial charge in [0.15, 0.2) is 0 Å². The van der Waals surface area contributed by atoms with Crippen LogP contribution in [0.5, 0.6) is 0 Å². The first kappa shape index (κ1) is 17.2. The molecule has 6 nitrogen and oxygen atoms in total. The molecule has 0 spiro atoms. The third-order valence-electron chi connectivity index (χ3n) is 6.23. The summed E-state index contributed by atoms with van der Waals surface area (Å²) < 4.78 is 1.87. The minimum absolute atomic E-state index is 0.0501. The number of nitrogens with zero attached hydrogens (tertiary/aromatic N) is 2. The van der Waals surface area contributed by atoms with Gasteiger partial charge in [-0.15, -0.1) is 0 Å². The highest BCUT2D eigenvalue weighted by Crippen LogP contribution is 2.29. The molecule has 1 aliphatic heterocycles. The lowest BCUT2D eigenvalue weighted by atomic mass is 10.0. The van der Waals surface area contributed by atoms with Gasteiger partial charge in [-0.2, -0.15) is 0 Å². The van der Waals surface area contributed by atoms with E-state index in [2.05, 4.69) is 17.2 Å². The predicted molar refractivity (Wildman–Crippen MR) is 102 cm³/mol. The normalized spacial score (nSPS) is 24.3. The van der Waals surface area contributed by atoms with E-state index in [9.17, 15) is 9.59 Å². The molecule has 26 heavy (non-hydrogen) atoms. The van der Waals surface area contributed by atoms with E-state index in [1.54, 1.807) is 0 Å². The summed E-state index contributed by atoms with van der Waals surface area (Å²) in [5.74, 6) is 0.626. The zero-order valence-corrected chi connectivity index (χ0v) is 15.4. The molecule has 1 aliphatic carbocycles. The molecule has 1 saturated carbocycles. The number of piperidine rings is 1. The van der Waals surface area contributed by atoms with Gasteiger partial charge in [0, 0.05) is 25.2 Å². The molecule has 2 amide bonds. The largest absolute Gasteiger partial charge is 0.335 e. The third-order valence-corrected chi connectivity index (χ3v) is 6.23. The second-order valence-electron chi connectivity index (χ2n) is 7.69. The fourth-order valence-corrected chi connectivity index (χ4v) is 4.73. The van der Waals surface area contributed by atoms with Gasteiger partial charge in [0.2, 0.25) is 0 Å². The molecule has 6 heteroatoms. The van der Waals surface area contributed by atoms with Crippen molar-refractivity contribution < 1.29 is 4.79 Å². The highest BCUT2D eigenvalue weighted by Gasteiger charge is 2.30. The summed E-state index contributed by atoms with van der Waals surface area (Å²) in [6.07, 6.45) is 6.32. The number of para-hydroxylation sites is 2. The van der Waals surface area contributed by atoms with E-state index >= 15 is 0 Å². The molecular formula is C20H28N4O2. The number of carbonyl (C=O) groups is 1. The summed E-state index contributed by atoms with van der Waals surface area (Å²) in [5.41, 5.74) is 1.78. The van der Waals surface area contributed by atoms with Crippen LogP contribution in [0.15, 0.2) is 29.1 Å². The van der Waals surface area contributed by atoms with Crippen LogP contribution in [0.3, 0.4) is 0 Å². The number of hydrogen-bond donors (Lipinski definition) is 2. The molecule has 4 rings (SSSR count). The summed E-state index contributed by atoms with van der Waals surface area (Å²) in [4.78, 5) is 29.8. The van der Waals surface area contributed by atoms with Crippen LogP contribution in [0.4, 0.5) is 4.79 Å². The zero-order chi connectivity index (χ0) is 18.1. The Balaban J connectivity index is 1.40. The molecule has 0 bridgehead atoms. The number of likely N-dealkylation sites (tertiary alicyclic amines) is 1. The average Bonchev–Trinajstić information content (AvgIpc) is 3.24. The van der Waals surface area contributed by atoms with E-state index in [0.29, 0.717) is 25.0 Å². The van der Waals surface area contributed by atoms with E-state index in [1.165, 1.54) is 12.8 Å². The fraction of sp³-hybridized carbons (Fsp3) is 0.600. The van der Waals surface area contributed by atoms with Crippen molar-refractivity contribution in [3.8, 4) is 0 Å². The highest BCUT2D eigenvalue weighted by molar-refractivity contribution is 5.76. The first-order chi connectivity index (χ1) is 12.7. The number of urea groups is 1. The molecule has 1 saturated heterocycles. The van der Waals surface area contributed by atoms with E-state index in [1.807, 2.05) is 33.7 Å². The van der Waals surface area contributed by atoms with Gasteiger partial charge >= 0.3 is 11.7 Å². The van der Waals surface area contributed by atoms with Crippen molar-refractivity contribution in [3.63, 3.8) is 0 Å². The van der Waals surface area contributed by atoms with Crippen LogP contribution in [-0.4, -0.2) is 39.6 Å². The van der Waals surface area contributed by atoms with Crippen molar-refractivity contribution in [1.29, 1.82) is 0 Å². The van der Waals surface area contributed by atoms with Gasteiger partial charge in [0.25, 0.3) is 0 Å². The summed E-state index contributed by atoms with van der Waals surface area (Å²) >= 11 is 0. The van der Waals surface area contributed by atoms with Gasteiger partial charge < -0.3 is 15.2 Å². The zero-order valence-electron chi connectivity index (χ0n) is 15.4. The molecule has 2 unspecified atom stereocenters.